The smallest absolute Gasteiger partial charge is 0.235 e. The largest absolute Gasteiger partial charge is 0.360 e. The number of likely N-dealkylation sites (tertiary alicyclic amines) is 1. The first kappa shape index (κ1) is 17.8. The molecular weight excluding hydrogens is 316 g/mol. The van der Waals surface area contributed by atoms with Gasteiger partial charge in [-0.1, -0.05) is 12.1 Å². The molecule has 1 aliphatic rings. The number of carbonyl (C=O) groups is 2. The van der Waals surface area contributed by atoms with Crippen molar-refractivity contribution >= 4 is 29.4 Å². The van der Waals surface area contributed by atoms with Crippen LogP contribution in [0.4, 0.5) is 5.82 Å². The number of aryl methyl sites for hydroxylation is 1. The summed E-state index contributed by atoms with van der Waals surface area (Å²) >= 11 is 1.30. The van der Waals surface area contributed by atoms with Crippen LogP contribution in [0.1, 0.15) is 25.5 Å². The van der Waals surface area contributed by atoms with Crippen molar-refractivity contribution in [1.82, 2.24) is 10.1 Å². The van der Waals surface area contributed by atoms with Gasteiger partial charge in [-0.15, -0.1) is 11.8 Å². The van der Waals surface area contributed by atoms with Gasteiger partial charge in [0.05, 0.1) is 11.5 Å². The third kappa shape index (κ3) is 5.24. The van der Waals surface area contributed by atoms with Crippen molar-refractivity contribution in [2.45, 2.75) is 32.7 Å². The molecular formula is C15H24N4O3S. The minimum Gasteiger partial charge on any atom is -0.360 e. The van der Waals surface area contributed by atoms with Gasteiger partial charge in [-0.3, -0.25) is 9.59 Å². The predicted octanol–water partition coefficient (Wildman–Crippen LogP) is 1.24. The van der Waals surface area contributed by atoms with E-state index in [-0.39, 0.29) is 29.4 Å². The fraction of sp³-hybridized carbons (Fsp3) is 0.667. The summed E-state index contributed by atoms with van der Waals surface area (Å²) in [6.07, 6.45) is 1.97. The van der Waals surface area contributed by atoms with E-state index in [0.29, 0.717) is 24.0 Å². The van der Waals surface area contributed by atoms with Gasteiger partial charge in [0, 0.05) is 25.2 Å². The Morgan fingerprint density at radius 2 is 2.30 bits per heavy atom. The SMILES string of the molecule is Cc1cc(NC(=O)CSCC(=O)N2CCC(C)CC2CN)no1. The van der Waals surface area contributed by atoms with Crippen molar-refractivity contribution in [3.05, 3.63) is 11.8 Å². The molecule has 128 valence electrons. The lowest BCUT2D eigenvalue weighted by molar-refractivity contribution is -0.132. The summed E-state index contributed by atoms with van der Waals surface area (Å²) in [5.41, 5.74) is 5.78. The summed E-state index contributed by atoms with van der Waals surface area (Å²) < 4.78 is 4.88. The van der Waals surface area contributed by atoms with E-state index in [1.165, 1.54) is 11.8 Å². The number of rotatable bonds is 6. The van der Waals surface area contributed by atoms with E-state index in [0.717, 1.165) is 19.4 Å². The highest BCUT2D eigenvalue weighted by atomic mass is 32.2. The maximum Gasteiger partial charge on any atom is 0.235 e. The van der Waals surface area contributed by atoms with Crippen molar-refractivity contribution in [2.24, 2.45) is 11.7 Å². The van der Waals surface area contributed by atoms with Crippen LogP contribution in [-0.4, -0.2) is 52.5 Å². The number of hydrogen-bond acceptors (Lipinski definition) is 6. The molecule has 0 bridgehead atoms. The lowest BCUT2D eigenvalue weighted by atomic mass is 9.92. The zero-order chi connectivity index (χ0) is 16.8. The monoisotopic (exact) mass is 340 g/mol. The molecule has 23 heavy (non-hydrogen) atoms. The fourth-order valence-corrected chi connectivity index (χ4v) is 3.42. The maximum atomic E-state index is 12.3. The van der Waals surface area contributed by atoms with E-state index < -0.39 is 0 Å². The number of piperidine rings is 1. The van der Waals surface area contributed by atoms with Crippen molar-refractivity contribution in [1.29, 1.82) is 0 Å². The van der Waals surface area contributed by atoms with Gasteiger partial charge in [0.25, 0.3) is 0 Å². The van der Waals surface area contributed by atoms with Crippen LogP contribution >= 0.6 is 11.8 Å². The molecule has 0 saturated carbocycles. The Hall–Kier alpha value is -1.54. The number of thioether (sulfide) groups is 1. The van der Waals surface area contributed by atoms with Crippen LogP contribution in [0, 0.1) is 12.8 Å². The Morgan fingerprint density at radius 1 is 1.52 bits per heavy atom. The quantitative estimate of drug-likeness (QED) is 0.808. The summed E-state index contributed by atoms with van der Waals surface area (Å²) in [7, 11) is 0. The number of carbonyl (C=O) groups excluding carboxylic acids is 2. The van der Waals surface area contributed by atoms with Crippen molar-refractivity contribution < 1.29 is 14.1 Å². The van der Waals surface area contributed by atoms with Crippen LogP contribution in [-0.2, 0) is 9.59 Å². The molecule has 0 spiro atoms. The number of nitrogens with one attached hydrogen (secondary N) is 1. The molecule has 1 aromatic rings. The molecule has 2 unspecified atom stereocenters. The Bertz CT molecular complexity index is 549. The second-order valence-corrected chi connectivity index (χ2v) is 6.96. The van der Waals surface area contributed by atoms with Gasteiger partial charge in [-0.25, -0.2) is 0 Å². The zero-order valence-corrected chi connectivity index (χ0v) is 14.4. The first-order valence-electron chi connectivity index (χ1n) is 7.80. The Balaban J connectivity index is 1.72. The summed E-state index contributed by atoms with van der Waals surface area (Å²) in [5.74, 6) is 1.99. The van der Waals surface area contributed by atoms with Crippen LogP contribution in [0.25, 0.3) is 0 Å². The highest BCUT2D eigenvalue weighted by molar-refractivity contribution is 8.00. The average molecular weight is 340 g/mol. The van der Waals surface area contributed by atoms with Gasteiger partial charge in [0.1, 0.15) is 5.76 Å². The topological polar surface area (TPSA) is 101 Å². The van der Waals surface area contributed by atoms with Gasteiger partial charge >= 0.3 is 0 Å². The second-order valence-electron chi connectivity index (χ2n) is 5.97. The maximum absolute atomic E-state index is 12.3. The normalized spacial score (nSPS) is 21.3. The molecule has 2 amide bonds. The number of amides is 2. The first-order valence-corrected chi connectivity index (χ1v) is 8.95. The van der Waals surface area contributed by atoms with Crippen LogP contribution < -0.4 is 11.1 Å². The predicted molar refractivity (Wildman–Crippen MR) is 90.1 cm³/mol. The van der Waals surface area contributed by atoms with Crippen LogP contribution in [0.15, 0.2) is 10.6 Å². The highest BCUT2D eigenvalue weighted by Crippen LogP contribution is 2.22. The van der Waals surface area contributed by atoms with Crippen molar-refractivity contribution in [2.75, 3.05) is 29.9 Å². The van der Waals surface area contributed by atoms with Crippen molar-refractivity contribution in [3.8, 4) is 0 Å². The Morgan fingerprint density at radius 3 is 2.96 bits per heavy atom. The van der Waals surface area contributed by atoms with E-state index in [1.54, 1.807) is 13.0 Å². The minimum atomic E-state index is -0.196. The molecule has 1 aromatic heterocycles. The highest BCUT2D eigenvalue weighted by Gasteiger charge is 2.28. The zero-order valence-electron chi connectivity index (χ0n) is 13.6. The van der Waals surface area contributed by atoms with E-state index in [2.05, 4.69) is 17.4 Å². The molecule has 0 aromatic carbocycles. The third-order valence-corrected chi connectivity index (χ3v) is 4.84. The van der Waals surface area contributed by atoms with Crippen LogP contribution in [0.2, 0.25) is 0 Å². The standard InChI is InChI=1S/C15H24N4O3S/c1-10-3-4-19(12(5-10)7-16)15(21)9-23-8-14(20)17-13-6-11(2)22-18-13/h6,10,12H,3-5,7-9,16H2,1-2H3,(H,17,18,20). The van der Waals surface area contributed by atoms with Gasteiger partial charge in [0.15, 0.2) is 5.82 Å². The number of nitrogens with zero attached hydrogens (tertiary/aromatic N) is 2. The second kappa shape index (κ2) is 8.35. The molecule has 1 saturated heterocycles. The van der Waals surface area contributed by atoms with Gasteiger partial charge in [-0.05, 0) is 25.7 Å². The average Bonchev–Trinajstić information content (AvgIpc) is 2.91. The number of anilines is 1. The van der Waals surface area contributed by atoms with Gasteiger partial charge < -0.3 is 20.5 Å². The number of aromatic nitrogens is 1. The molecule has 7 nitrogen and oxygen atoms in total. The molecule has 2 rings (SSSR count). The van der Waals surface area contributed by atoms with E-state index >= 15 is 0 Å². The minimum absolute atomic E-state index is 0.0578. The summed E-state index contributed by atoms with van der Waals surface area (Å²) in [6.45, 7) is 5.19. The number of hydrogen-bond donors (Lipinski definition) is 2. The molecule has 2 heterocycles. The summed E-state index contributed by atoms with van der Waals surface area (Å²) in [5, 5.41) is 6.33. The van der Waals surface area contributed by atoms with Gasteiger partial charge in [0.2, 0.25) is 11.8 Å². The first-order chi connectivity index (χ1) is 11.0. The van der Waals surface area contributed by atoms with Crippen molar-refractivity contribution in [3.63, 3.8) is 0 Å². The molecule has 1 aliphatic heterocycles. The third-order valence-electron chi connectivity index (χ3n) is 3.92. The molecule has 3 N–H and O–H groups in total. The molecule has 8 heteroatoms. The Kier molecular flexibility index (Phi) is 6.47. The van der Waals surface area contributed by atoms with Crippen LogP contribution in [0.5, 0.6) is 0 Å². The van der Waals surface area contributed by atoms with E-state index in [1.807, 2.05) is 4.90 Å². The number of nitrogens with two attached hydrogens (primary N) is 1. The van der Waals surface area contributed by atoms with Gasteiger partial charge in [-0.2, -0.15) is 0 Å². The van der Waals surface area contributed by atoms with E-state index in [9.17, 15) is 9.59 Å². The molecule has 0 aliphatic carbocycles. The fourth-order valence-electron chi connectivity index (χ4n) is 2.72. The van der Waals surface area contributed by atoms with Crippen LogP contribution in [0.3, 0.4) is 0 Å². The molecule has 1 fully saturated rings. The van der Waals surface area contributed by atoms with E-state index in [4.69, 9.17) is 10.3 Å². The Labute approximate surface area is 140 Å². The summed E-state index contributed by atoms with van der Waals surface area (Å²) in [6, 6.07) is 1.77. The lowest BCUT2D eigenvalue weighted by Crippen LogP contribution is -2.50. The summed E-state index contributed by atoms with van der Waals surface area (Å²) in [4.78, 5) is 26.0. The molecule has 2 atom stereocenters. The lowest BCUT2D eigenvalue weighted by Gasteiger charge is -2.38. The molecule has 0 radical (unpaired) electrons.